The first-order chi connectivity index (χ1) is 12.6. The van der Waals surface area contributed by atoms with Gasteiger partial charge in [-0.15, -0.1) is 0 Å². The maximum atomic E-state index is 5.48. The summed E-state index contributed by atoms with van der Waals surface area (Å²) in [6.07, 6.45) is 1.58. The molecule has 0 radical (unpaired) electrons. The first kappa shape index (κ1) is 18.6. The zero-order valence-electron chi connectivity index (χ0n) is 15.4. The summed E-state index contributed by atoms with van der Waals surface area (Å²) in [4.78, 5) is 4.76. The molecule has 26 heavy (non-hydrogen) atoms. The molecule has 0 fully saturated rings. The highest BCUT2D eigenvalue weighted by molar-refractivity contribution is 9.10. The van der Waals surface area contributed by atoms with Gasteiger partial charge >= 0.3 is 0 Å². The second kappa shape index (κ2) is 7.99. The van der Waals surface area contributed by atoms with E-state index in [4.69, 9.17) is 23.9 Å². The summed E-state index contributed by atoms with van der Waals surface area (Å²) < 4.78 is 22.6. The van der Waals surface area contributed by atoms with Crippen LogP contribution in [0.3, 0.4) is 0 Å². The van der Waals surface area contributed by atoms with Crippen LogP contribution in [0.5, 0.6) is 23.0 Å². The third kappa shape index (κ3) is 3.38. The topological polar surface area (TPSA) is 49.3 Å². The van der Waals surface area contributed by atoms with E-state index < -0.39 is 0 Å². The van der Waals surface area contributed by atoms with Crippen molar-refractivity contribution in [3.63, 3.8) is 0 Å². The smallest absolute Gasteiger partial charge is 0.175 e. The number of hydrogen-bond donors (Lipinski definition) is 0. The van der Waals surface area contributed by atoms with Crippen molar-refractivity contribution in [2.24, 2.45) is 4.99 Å². The molecule has 0 aliphatic carbocycles. The Morgan fingerprint density at radius 2 is 1.62 bits per heavy atom. The molecule has 1 aliphatic heterocycles. The summed E-state index contributed by atoms with van der Waals surface area (Å²) in [5.41, 5.74) is 4.45. The zero-order valence-corrected chi connectivity index (χ0v) is 17.0. The molecule has 0 amide bonds. The molecule has 0 unspecified atom stereocenters. The number of rotatable bonds is 6. The van der Waals surface area contributed by atoms with Crippen LogP contribution in [0, 0.1) is 0 Å². The van der Waals surface area contributed by atoms with E-state index in [0.29, 0.717) is 23.7 Å². The van der Waals surface area contributed by atoms with E-state index in [0.717, 1.165) is 40.0 Å². The van der Waals surface area contributed by atoms with Crippen molar-refractivity contribution in [2.45, 2.75) is 12.8 Å². The van der Waals surface area contributed by atoms with Gasteiger partial charge in [0.25, 0.3) is 0 Å². The van der Waals surface area contributed by atoms with E-state index in [1.54, 1.807) is 28.4 Å². The molecule has 2 aromatic rings. The third-order valence-electron chi connectivity index (χ3n) is 4.53. The van der Waals surface area contributed by atoms with Crippen LogP contribution in [-0.2, 0) is 12.8 Å². The Bertz CT molecular complexity index is 848. The predicted octanol–water partition coefficient (Wildman–Crippen LogP) is 4.07. The lowest BCUT2D eigenvalue weighted by Gasteiger charge is -2.21. The minimum absolute atomic E-state index is 0.684. The number of methoxy groups -OCH3 is 4. The van der Waals surface area contributed by atoms with Crippen molar-refractivity contribution < 1.29 is 18.9 Å². The molecule has 0 N–H and O–H groups in total. The Labute approximate surface area is 162 Å². The number of halogens is 1. The van der Waals surface area contributed by atoms with Crippen LogP contribution in [0.2, 0.25) is 0 Å². The van der Waals surface area contributed by atoms with E-state index in [1.807, 2.05) is 24.3 Å². The fraction of sp³-hybridized carbons (Fsp3) is 0.350. The molecule has 2 aromatic carbocycles. The lowest BCUT2D eigenvalue weighted by molar-refractivity contribution is 0.352. The van der Waals surface area contributed by atoms with Gasteiger partial charge in [0.15, 0.2) is 23.0 Å². The average molecular weight is 420 g/mol. The van der Waals surface area contributed by atoms with Gasteiger partial charge in [-0.05, 0) is 51.7 Å². The molecule has 6 heteroatoms. The van der Waals surface area contributed by atoms with E-state index in [1.165, 1.54) is 5.56 Å². The summed E-state index contributed by atoms with van der Waals surface area (Å²) in [6.45, 7) is 0.767. The van der Waals surface area contributed by atoms with Crippen LogP contribution in [0.15, 0.2) is 33.7 Å². The number of benzene rings is 2. The molecular weight excluding hydrogens is 398 g/mol. The first-order valence-corrected chi connectivity index (χ1v) is 9.10. The van der Waals surface area contributed by atoms with Crippen molar-refractivity contribution >= 4 is 21.6 Å². The Kier molecular flexibility index (Phi) is 5.71. The summed E-state index contributed by atoms with van der Waals surface area (Å²) in [6, 6.07) is 8.01. The summed E-state index contributed by atoms with van der Waals surface area (Å²) in [5.74, 6) is 2.85. The third-order valence-corrected chi connectivity index (χ3v) is 5.40. The largest absolute Gasteiger partial charge is 0.493 e. The van der Waals surface area contributed by atoms with Crippen LogP contribution in [-0.4, -0.2) is 40.7 Å². The van der Waals surface area contributed by atoms with Gasteiger partial charge in [0.1, 0.15) is 0 Å². The molecule has 0 spiro atoms. The van der Waals surface area contributed by atoms with Crippen molar-refractivity contribution in [3.05, 3.63) is 45.4 Å². The first-order valence-electron chi connectivity index (χ1n) is 8.30. The molecule has 0 atom stereocenters. The van der Waals surface area contributed by atoms with Crippen LogP contribution in [0.1, 0.15) is 16.7 Å². The molecule has 0 saturated carbocycles. The predicted molar refractivity (Wildman–Crippen MR) is 106 cm³/mol. The number of fused-ring (bicyclic) bond motifs is 1. The second-order valence-electron chi connectivity index (χ2n) is 5.89. The monoisotopic (exact) mass is 419 g/mol. The van der Waals surface area contributed by atoms with Gasteiger partial charge in [0, 0.05) is 24.2 Å². The highest BCUT2D eigenvalue weighted by Gasteiger charge is 2.21. The Morgan fingerprint density at radius 1 is 0.923 bits per heavy atom. The standard InChI is InChI=1S/C20H22BrNO4/c1-23-16-6-5-13(19(21)20(16)26-4)9-15-14-11-18(25-3)17(24-2)10-12(14)7-8-22-15/h5-6,10-11H,7-9H2,1-4H3. The molecule has 1 aliphatic rings. The summed E-state index contributed by atoms with van der Waals surface area (Å²) in [7, 11) is 6.57. The molecule has 138 valence electrons. The molecule has 1 heterocycles. The van der Waals surface area contributed by atoms with Gasteiger partial charge in [-0.3, -0.25) is 4.99 Å². The van der Waals surface area contributed by atoms with Crippen LogP contribution in [0.25, 0.3) is 0 Å². The van der Waals surface area contributed by atoms with E-state index in [9.17, 15) is 0 Å². The van der Waals surface area contributed by atoms with Crippen molar-refractivity contribution in [1.82, 2.24) is 0 Å². The summed E-state index contributed by atoms with van der Waals surface area (Å²) in [5, 5.41) is 0. The molecule has 3 rings (SSSR count). The van der Waals surface area contributed by atoms with E-state index in [-0.39, 0.29) is 0 Å². The van der Waals surface area contributed by atoms with Gasteiger partial charge in [0.05, 0.1) is 32.9 Å². The van der Waals surface area contributed by atoms with Gasteiger partial charge in [-0.25, -0.2) is 0 Å². The van der Waals surface area contributed by atoms with Crippen LogP contribution in [0.4, 0.5) is 0 Å². The molecule has 0 saturated heterocycles. The van der Waals surface area contributed by atoms with Gasteiger partial charge in [0.2, 0.25) is 0 Å². The summed E-state index contributed by atoms with van der Waals surface area (Å²) >= 11 is 3.65. The van der Waals surface area contributed by atoms with Gasteiger partial charge < -0.3 is 18.9 Å². The quantitative estimate of drug-likeness (QED) is 0.707. The highest BCUT2D eigenvalue weighted by Crippen LogP contribution is 2.39. The highest BCUT2D eigenvalue weighted by atomic mass is 79.9. The zero-order chi connectivity index (χ0) is 18.7. The number of hydrogen-bond acceptors (Lipinski definition) is 5. The second-order valence-corrected chi connectivity index (χ2v) is 6.69. The lowest BCUT2D eigenvalue weighted by atomic mass is 9.93. The molecule has 5 nitrogen and oxygen atoms in total. The van der Waals surface area contributed by atoms with Crippen molar-refractivity contribution in [3.8, 4) is 23.0 Å². The molecular formula is C20H22BrNO4. The minimum Gasteiger partial charge on any atom is -0.493 e. The number of aliphatic imine (C=N–C) groups is 1. The van der Waals surface area contributed by atoms with Gasteiger partial charge in [-0.1, -0.05) is 6.07 Å². The molecule has 0 bridgehead atoms. The van der Waals surface area contributed by atoms with Crippen molar-refractivity contribution in [2.75, 3.05) is 35.0 Å². The fourth-order valence-corrected chi connectivity index (χ4v) is 3.82. The minimum atomic E-state index is 0.684. The van der Waals surface area contributed by atoms with Crippen molar-refractivity contribution in [1.29, 1.82) is 0 Å². The Balaban J connectivity index is 1.99. The van der Waals surface area contributed by atoms with Crippen LogP contribution < -0.4 is 18.9 Å². The SMILES string of the molecule is COc1cc2c(cc1OC)C(Cc1ccc(OC)c(OC)c1Br)=NCC2. The fourth-order valence-electron chi connectivity index (χ4n) is 3.19. The average Bonchev–Trinajstić information content (AvgIpc) is 2.68. The maximum Gasteiger partial charge on any atom is 0.175 e. The lowest BCUT2D eigenvalue weighted by Crippen LogP contribution is -2.16. The normalized spacial score (nSPS) is 12.9. The van der Waals surface area contributed by atoms with Crippen LogP contribution >= 0.6 is 15.9 Å². The Morgan fingerprint density at radius 3 is 2.27 bits per heavy atom. The van der Waals surface area contributed by atoms with E-state index >= 15 is 0 Å². The Hall–Kier alpha value is -2.21. The molecule has 0 aromatic heterocycles. The number of ether oxygens (including phenoxy) is 4. The maximum absolute atomic E-state index is 5.48. The van der Waals surface area contributed by atoms with Gasteiger partial charge in [-0.2, -0.15) is 0 Å². The number of nitrogens with zero attached hydrogens (tertiary/aromatic N) is 1. The van der Waals surface area contributed by atoms with E-state index in [2.05, 4.69) is 15.9 Å².